The van der Waals surface area contributed by atoms with Crippen LogP contribution < -0.4 is 5.30 Å². The third kappa shape index (κ3) is 12.3. The summed E-state index contributed by atoms with van der Waals surface area (Å²) in [5.74, 6) is 7.06. The molecule has 0 radical (unpaired) electrons. The summed E-state index contributed by atoms with van der Waals surface area (Å²) in [4.78, 5) is 18.1. The number of rotatable bonds is 4. The molecule has 0 aliphatic carbocycles. The van der Waals surface area contributed by atoms with Gasteiger partial charge in [-0.05, 0) is 91.7 Å². The minimum atomic E-state index is 0.0334. The van der Waals surface area contributed by atoms with Gasteiger partial charge in [0.05, 0.1) is 11.2 Å². The molecule has 2 aromatic heterocycles. The summed E-state index contributed by atoms with van der Waals surface area (Å²) in [6, 6.07) is 18.0. The van der Waals surface area contributed by atoms with E-state index >= 15 is 0 Å². The van der Waals surface area contributed by atoms with Crippen LogP contribution in [0.5, 0.6) is 0 Å². The van der Waals surface area contributed by atoms with E-state index in [1.165, 1.54) is 35.9 Å². The predicted molar refractivity (Wildman–Crippen MR) is 176 cm³/mol. The molecule has 41 heavy (non-hydrogen) atoms. The molecule has 0 bridgehead atoms. The maximum absolute atomic E-state index is 10.9. The second kappa shape index (κ2) is 19.4. The molecule has 3 heterocycles. The molecular formula is C33H40ClN2O3PS. The molecule has 8 heteroatoms. The van der Waals surface area contributed by atoms with Crippen molar-refractivity contribution in [2.24, 2.45) is 5.92 Å². The van der Waals surface area contributed by atoms with E-state index in [0.717, 1.165) is 65.6 Å². The molecule has 4 aromatic rings. The Bertz CT molecular complexity index is 1340. The minimum Gasteiger partial charge on any atom is -0.400 e. The fraction of sp³-hybridized carbons (Fsp3) is 0.333. The number of aliphatic hydroxyl groups is 1. The summed E-state index contributed by atoms with van der Waals surface area (Å²) in [6.45, 7) is 10.6. The quantitative estimate of drug-likeness (QED) is 0.140. The molecule has 1 fully saturated rings. The van der Waals surface area contributed by atoms with E-state index in [4.69, 9.17) is 21.4 Å². The largest absolute Gasteiger partial charge is 0.400 e. The Balaban J connectivity index is 0.000000244. The van der Waals surface area contributed by atoms with Gasteiger partial charge < -0.3 is 14.8 Å². The van der Waals surface area contributed by atoms with E-state index in [0.29, 0.717) is 5.69 Å². The lowest BCUT2D eigenvalue weighted by molar-refractivity contribution is 0.0654. The highest BCUT2D eigenvalue weighted by Gasteiger charge is 2.10. The number of aryl methyl sites for hydroxylation is 1. The highest BCUT2D eigenvalue weighted by molar-refractivity contribution is 7.64. The minimum absolute atomic E-state index is 0.0334. The van der Waals surface area contributed by atoms with E-state index in [-0.39, 0.29) is 7.92 Å². The Hall–Kier alpha value is -2.78. The van der Waals surface area contributed by atoms with Gasteiger partial charge in [-0.2, -0.15) is 0 Å². The van der Waals surface area contributed by atoms with Gasteiger partial charge >= 0.3 is 0 Å². The van der Waals surface area contributed by atoms with Crippen molar-refractivity contribution in [3.8, 4) is 23.1 Å². The standard InChI is InChI=1S/C17H12N2OS.C8H10ClP.C7H14O.CH4O/c1-12-8-16(19-17(12)9-20)14-5-2-13(3-6-14)4-7-15-10-21-11-18-15;1-10(2)8-5-3-7(9)4-6-8;1-2-7-3-5-8-6-4-7;1-2/h2-3,5-6,8-11,19H,1H3;3-6H,1-2H3;7H,2-6H2,1H3;2H,1H3. The lowest BCUT2D eigenvalue weighted by atomic mass is 9.98. The first kappa shape index (κ1) is 34.4. The van der Waals surface area contributed by atoms with Gasteiger partial charge in [0.1, 0.15) is 5.69 Å². The van der Waals surface area contributed by atoms with E-state index in [1.54, 1.807) is 5.51 Å². The second-order valence-electron chi connectivity index (χ2n) is 9.43. The van der Waals surface area contributed by atoms with Crippen molar-refractivity contribution in [3.63, 3.8) is 0 Å². The van der Waals surface area contributed by atoms with Gasteiger partial charge in [-0.1, -0.05) is 63.1 Å². The number of H-pyrrole nitrogens is 1. The molecule has 1 aliphatic heterocycles. The first-order chi connectivity index (χ1) is 19.9. The number of aldehydes is 1. The van der Waals surface area contributed by atoms with Gasteiger partial charge in [0, 0.05) is 42.0 Å². The molecular weight excluding hydrogens is 571 g/mol. The highest BCUT2D eigenvalue weighted by Crippen LogP contribution is 2.24. The molecule has 1 saturated heterocycles. The van der Waals surface area contributed by atoms with Crippen LogP contribution in [0.25, 0.3) is 11.3 Å². The lowest BCUT2D eigenvalue weighted by Crippen LogP contribution is -2.14. The number of carbonyl (C=O) groups is 1. The van der Waals surface area contributed by atoms with Crippen molar-refractivity contribution in [1.82, 2.24) is 9.97 Å². The number of benzene rings is 2. The van der Waals surface area contributed by atoms with Crippen molar-refractivity contribution < 1.29 is 14.6 Å². The zero-order valence-electron chi connectivity index (χ0n) is 24.5. The van der Waals surface area contributed by atoms with Gasteiger partial charge in [0.15, 0.2) is 6.29 Å². The van der Waals surface area contributed by atoms with Gasteiger partial charge in [-0.25, -0.2) is 4.98 Å². The summed E-state index contributed by atoms with van der Waals surface area (Å²) in [5.41, 5.74) is 7.04. The number of halogens is 1. The zero-order chi connectivity index (χ0) is 30.0. The fourth-order valence-electron chi connectivity index (χ4n) is 3.89. The van der Waals surface area contributed by atoms with Crippen molar-refractivity contribution in [1.29, 1.82) is 0 Å². The average molecular weight is 611 g/mol. The predicted octanol–water partition coefficient (Wildman–Crippen LogP) is 7.80. The molecule has 2 aromatic carbocycles. The normalized spacial score (nSPS) is 12.4. The second-order valence-corrected chi connectivity index (χ2v) is 12.9. The summed E-state index contributed by atoms with van der Waals surface area (Å²) in [7, 11) is 1.03. The molecule has 0 saturated carbocycles. The van der Waals surface area contributed by atoms with E-state index < -0.39 is 0 Å². The Morgan fingerprint density at radius 2 is 1.76 bits per heavy atom. The molecule has 5 nitrogen and oxygen atoms in total. The third-order valence-electron chi connectivity index (χ3n) is 6.40. The highest BCUT2D eigenvalue weighted by atomic mass is 35.5. The number of hydrogen-bond acceptors (Lipinski definition) is 5. The third-order valence-corrected chi connectivity index (χ3v) is 8.57. The van der Waals surface area contributed by atoms with Crippen LogP contribution in [0.15, 0.2) is 65.5 Å². The number of aromatic amines is 1. The van der Waals surface area contributed by atoms with Crippen LogP contribution in [0.2, 0.25) is 5.02 Å². The molecule has 0 spiro atoms. The van der Waals surface area contributed by atoms with Crippen LogP contribution in [-0.2, 0) is 4.74 Å². The van der Waals surface area contributed by atoms with Crippen LogP contribution in [0.1, 0.15) is 53.5 Å². The van der Waals surface area contributed by atoms with Crippen LogP contribution in [0, 0.1) is 24.7 Å². The van der Waals surface area contributed by atoms with Crippen LogP contribution in [0.4, 0.5) is 0 Å². The Kier molecular flexibility index (Phi) is 16.3. The Morgan fingerprint density at radius 1 is 1.10 bits per heavy atom. The summed E-state index contributed by atoms with van der Waals surface area (Å²) in [6.07, 6.45) is 4.75. The van der Waals surface area contributed by atoms with Crippen molar-refractivity contribution in [2.75, 3.05) is 33.7 Å². The maximum Gasteiger partial charge on any atom is 0.166 e. The zero-order valence-corrected chi connectivity index (χ0v) is 27.0. The number of aromatic nitrogens is 2. The summed E-state index contributed by atoms with van der Waals surface area (Å²) < 4.78 is 5.20. The lowest BCUT2D eigenvalue weighted by Gasteiger charge is -2.19. The van der Waals surface area contributed by atoms with Crippen molar-refractivity contribution in [3.05, 3.63) is 93.0 Å². The number of hydrogen-bond donors (Lipinski definition) is 2. The number of carbonyl (C=O) groups excluding carboxylic acids is 1. The molecule has 218 valence electrons. The van der Waals surface area contributed by atoms with Gasteiger partial charge in [0.25, 0.3) is 0 Å². The monoisotopic (exact) mass is 610 g/mol. The summed E-state index contributed by atoms with van der Waals surface area (Å²) in [5, 5.41) is 11.1. The van der Waals surface area contributed by atoms with Crippen LogP contribution >= 0.6 is 30.9 Å². The Morgan fingerprint density at radius 3 is 2.24 bits per heavy atom. The van der Waals surface area contributed by atoms with Crippen LogP contribution in [-0.4, -0.2) is 55.0 Å². The fourth-order valence-corrected chi connectivity index (χ4v) is 5.24. The molecule has 2 N–H and O–H groups in total. The number of nitrogens with one attached hydrogen (secondary N) is 1. The number of nitrogens with zero attached hydrogens (tertiary/aromatic N) is 1. The van der Waals surface area contributed by atoms with E-state index in [2.05, 4.69) is 54.2 Å². The SMILES string of the molecule is CCC1CCOCC1.CO.CP(C)c1ccc(Cl)cc1.Cc1cc(-c2ccc(C#Cc3cscn3)cc2)[nH]c1C=O. The van der Waals surface area contributed by atoms with Crippen molar-refractivity contribution in [2.45, 2.75) is 33.1 Å². The molecule has 0 amide bonds. The van der Waals surface area contributed by atoms with Crippen LogP contribution in [0.3, 0.4) is 0 Å². The van der Waals surface area contributed by atoms with E-state index in [1.807, 2.05) is 54.8 Å². The maximum atomic E-state index is 10.9. The first-order valence-electron chi connectivity index (χ1n) is 13.5. The number of ether oxygens (including phenoxy) is 1. The number of aliphatic hydroxyl groups excluding tert-OH is 1. The first-order valence-corrected chi connectivity index (χ1v) is 17.1. The molecule has 0 unspecified atom stereocenters. The van der Waals surface area contributed by atoms with Gasteiger partial charge in [-0.3, -0.25) is 4.79 Å². The smallest absolute Gasteiger partial charge is 0.166 e. The molecule has 1 aliphatic rings. The average Bonchev–Trinajstić information content (AvgIpc) is 3.68. The van der Waals surface area contributed by atoms with Crippen molar-refractivity contribution >= 4 is 42.5 Å². The summed E-state index contributed by atoms with van der Waals surface area (Å²) >= 11 is 7.26. The molecule has 5 rings (SSSR count). The molecule has 0 atom stereocenters. The topological polar surface area (TPSA) is 75.2 Å². The van der Waals surface area contributed by atoms with E-state index in [9.17, 15) is 4.79 Å². The Labute approximate surface area is 255 Å². The van der Waals surface area contributed by atoms with Gasteiger partial charge in [0.2, 0.25) is 0 Å². The van der Waals surface area contributed by atoms with Gasteiger partial charge in [-0.15, -0.1) is 11.3 Å². The number of thiazole rings is 1.